The summed E-state index contributed by atoms with van der Waals surface area (Å²) in [5.74, 6) is -1.86. The lowest BCUT2D eigenvalue weighted by Crippen LogP contribution is -2.28. The molecule has 0 saturated heterocycles. The van der Waals surface area contributed by atoms with Gasteiger partial charge < -0.3 is 51.5 Å². The molecule has 6 rings (SSSR count). The summed E-state index contributed by atoms with van der Waals surface area (Å²) in [6, 6.07) is 20.5. The minimum Gasteiger partial charge on any atom is -0.507 e. The Hall–Kier alpha value is -3.76. The molecule has 1 aliphatic heterocycles. The van der Waals surface area contributed by atoms with Crippen LogP contribution in [0.1, 0.15) is 38.3 Å². The van der Waals surface area contributed by atoms with E-state index in [1.165, 1.54) is 33.3 Å². The normalized spacial score (nSPS) is 12.3. The average molecular weight is 836 g/mol. The van der Waals surface area contributed by atoms with Crippen LogP contribution < -0.4 is 26.2 Å². The highest BCUT2D eigenvalue weighted by molar-refractivity contribution is 7.99. The van der Waals surface area contributed by atoms with Gasteiger partial charge in [0.05, 0.1) is 46.8 Å². The minimum atomic E-state index is -0.559. The quantitative estimate of drug-likeness (QED) is 0.0458. The zero-order valence-electron chi connectivity index (χ0n) is 30.7. The molecule has 0 atom stereocenters. The fraction of sp³-hybridized carbons (Fsp3) is 0.333. The first-order valence-electron chi connectivity index (χ1n) is 17.6. The second-order valence-corrected chi connectivity index (χ2v) is 14.2. The minimum absolute atomic E-state index is 0. The number of benzene rings is 4. The summed E-state index contributed by atoms with van der Waals surface area (Å²) in [6.07, 6.45) is 1.12. The van der Waals surface area contributed by atoms with Gasteiger partial charge in [-0.15, -0.1) is 24.8 Å². The van der Waals surface area contributed by atoms with Gasteiger partial charge in [0.1, 0.15) is 11.5 Å². The Labute approximate surface area is 343 Å². The predicted molar refractivity (Wildman–Crippen MR) is 227 cm³/mol. The number of fused-ring (bicyclic) bond motifs is 4. The van der Waals surface area contributed by atoms with Crippen molar-refractivity contribution in [3.05, 3.63) is 94.0 Å². The molecule has 16 heteroatoms. The Morgan fingerprint density at radius 1 is 0.673 bits per heavy atom. The summed E-state index contributed by atoms with van der Waals surface area (Å²) >= 11 is 8.03. The molecule has 0 spiro atoms. The first kappa shape index (κ1) is 45.6. The fourth-order valence-electron chi connectivity index (χ4n) is 6.23. The predicted octanol–water partition coefficient (Wildman–Crippen LogP) is 5.60. The highest BCUT2D eigenvalue weighted by Crippen LogP contribution is 2.49. The topological polar surface area (TPSA) is 170 Å². The highest BCUT2D eigenvalue weighted by atomic mass is 35.5. The monoisotopic (exact) mass is 834 g/mol. The first-order valence-corrected chi connectivity index (χ1v) is 18.8. The molecule has 298 valence electrons. The maximum atomic E-state index is 13.4. The van der Waals surface area contributed by atoms with Crippen LogP contribution in [0.5, 0.6) is 11.5 Å². The molecule has 0 bridgehead atoms. The number of nitrogens with zero attached hydrogens (tertiary/aromatic N) is 2. The summed E-state index contributed by atoms with van der Waals surface area (Å²) in [5, 5.41) is 51.4. The van der Waals surface area contributed by atoms with Crippen molar-refractivity contribution in [2.45, 2.75) is 16.2 Å². The van der Waals surface area contributed by atoms with Gasteiger partial charge in [0.15, 0.2) is 0 Å². The molecule has 1 aliphatic carbocycles. The molecule has 0 fully saturated rings. The SMILES string of the molecule is CN(C)CCCN1c2ccccc2Sc2ccc(Cl)cc21.Cl.Cl.O=C1c2c(O)ccc(O)c2C(=O)c2c(NCCNCCO)ccc(NCCNCCO)c21. The molecular formula is C39H49Cl3N6O6S. The van der Waals surface area contributed by atoms with Gasteiger partial charge in [0.2, 0.25) is 11.6 Å². The van der Waals surface area contributed by atoms with E-state index < -0.39 is 11.6 Å². The van der Waals surface area contributed by atoms with E-state index >= 15 is 0 Å². The van der Waals surface area contributed by atoms with E-state index in [0.29, 0.717) is 50.6 Å². The number of halogens is 3. The number of ketones is 2. The van der Waals surface area contributed by atoms with Crippen LogP contribution in [-0.2, 0) is 0 Å². The Morgan fingerprint density at radius 3 is 1.73 bits per heavy atom. The summed E-state index contributed by atoms with van der Waals surface area (Å²) in [5.41, 5.74) is 3.19. The van der Waals surface area contributed by atoms with Crippen LogP contribution in [-0.4, -0.2) is 117 Å². The van der Waals surface area contributed by atoms with Crippen LogP contribution in [0.25, 0.3) is 0 Å². The van der Waals surface area contributed by atoms with Gasteiger partial charge in [0, 0.05) is 72.0 Å². The zero-order valence-corrected chi connectivity index (χ0v) is 33.9. The summed E-state index contributed by atoms with van der Waals surface area (Å²) in [6.45, 7) is 4.90. The number of hydrogen-bond donors (Lipinski definition) is 8. The molecule has 4 aromatic rings. The van der Waals surface area contributed by atoms with Gasteiger partial charge in [-0.3, -0.25) is 9.59 Å². The van der Waals surface area contributed by atoms with Crippen molar-refractivity contribution in [3.8, 4) is 11.5 Å². The number of nitrogens with one attached hydrogen (secondary N) is 4. The van der Waals surface area contributed by atoms with Crippen molar-refractivity contribution < 1.29 is 30.0 Å². The summed E-state index contributed by atoms with van der Waals surface area (Å²) < 4.78 is 0. The summed E-state index contributed by atoms with van der Waals surface area (Å²) in [7, 11) is 4.23. The van der Waals surface area contributed by atoms with Gasteiger partial charge in [0.25, 0.3) is 0 Å². The molecule has 12 nitrogen and oxygen atoms in total. The van der Waals surface area contributed by atoms with Crippen LogP contribution in [0.4, 0.5) is 22.7 Å². The van der Waals surface area contributed by atoms with Crippen molar-refractivity contribution in [1.82, 2.24) is 15.5 Å². The van der Waals surface area contributed by atoms with Crippen molar-refractivity contribution in [1.29, 1.82) is 0 Å². The number of aromatic hydroxyl groups is 2. The Kier molecular flexibility index (Phi) is 18.3. The average Bonchev–Trinajstić information content (AvgIpc) is 3.14. The Balaban J connectivity index is 0.000000307. The van der Waals surface area contributed by atoms with E-state index in [2.05, 4.69) is 81.6 Å². The van der Waals surface area contributed by atoms with Crippen molar-refractivity contribution in [2.24, 2.45) is 0 Å². The summed E-state index contributed by atoms with van der Waals surface area (Å²) in [4.78, 5) is 34.0. The molecule has 4 aromatic carbocycles. The number of hydrogen-bond acceptors (Lipinski definition) is 13. The van der Waals surface area contributed by atoms with Gasteiger partial charge in [-0.05, 0) is 81.7 Å². The van der Waals surface area contributed by atoms with E-state index in [-0.39, 0.29) is 71.8 Å². The van der Waals surface area contributed by atoms with E-state index in [4.69, 9.17) is 21.8 Å². The number of carbonyl (C=O) groups is 2. The van der Waals surface area contributed by atoms with E-state index in [0.717, 1.165) is 24.5 Å². The van der Waals surface area contributed by atoms with Gasteiger partial charge in [-0.25, -0.2) is 0 Å². The highest BCUT2D eigenvalue weighted by Gasteiger charge is 2.38. The molecule has 1 heterocycles. The molecule has 0 unspecified atom stereocenters. The molecule has 0 aromatic heterocycles. The lowest BCUT2D eigenvalue weighted by molar-refractivity contribution is 0.0975. The number of anilines is 4. The van der Waals surface area contributed by atoms with Gasteiger partial charge >= 0.3 is 0 Å². The van der Waals surface area contributed by atoms with E-state index in [1.54, 1.807) is 12.1 Å². The number of phenols is 2. The van der Waals surface area contributed by atoms with Gasteiger partial charge in [-0.1, -0.05) is 35.5 Å². The molecule has 0 saturated carbocycles. The van der Waals surface area contributed by atoms with Crippen LogP contribution >= 0.6 is 48.2 Å². The number of para-hydroxylation sites is 1. The van der Waals surface area contributed by atoms with Crippen LogP contribution in [0.3, 0.4) is 0 Å². The molecule has 0 amide bonds. The number of phenolic OH excluding ortho intramolecular Hbond substituents is 2. The van der Waals surface area contributed by atoms with Crippen molar-refractivity contribution >= 4 is 82.5 Å². The number of aliphatic hydroxyl groups is 2. The third-order valence-electron chi connectivity index (χ3n) is 8.66. The number of rotatable bonds is 16. The first-order chi connectivity index (χ1) is 25.7. The Bertz CT molecular complexity index is 1840. The third-order valence-corrected chi connectivity index (χ3v) is 10.0. The van der Waals surface area contributed by atoms with Crippen LogP contribution in [0.15, 0.2) is 76.5 Å². The smallest absolute Gasteiger partial charge is 0.200 e. The van der Waals surface area contributed by atoms with Gasteiger partial charge in [-0.2, -0.15) is 0 Å². The number of carbonyl (C=O) groups excluding carboxylic acids is 2. The Morgan fingerprint density at radius 2 is 1.20 bits per heavy atom. The molecular weight excluding hydrogens is 787 g/mol. The lowest BCUT2D eigenvalue weighted by atomic mass is 9.81. The van der Waals surface area contributed by atoms with Crippen LogP contribution in [0, 0.1) is 0 Å². The third kappa shape index (κ3) is 11.2. The molecule has 2 aliphatic rings. The fourth-order valence-corrected chi connectivity index (χ4v) is 7.47. The van der Waals surface area contributed by atoms with Crippen molar-refractivity contribution in [2.75, 3.05) is 95.2 Å². The van der Waals surface area contributed by atoms with E-state index in [1.807, 2.05) is 17.8 Å². The second-order valence-electron chi connectivity index (χ2n) is 12.7. The lowest BCUT2D eigenvalue weighted by Gasteiger charge is -2.33. The second kappa shape index (κ2) is 22.1. The van der Waals surface area contributed by atoms with Crippen LogP contribution in [0.2, 0.25) is 5.02 Å². The molecule has 0 radical (unpaired) electrons. The standard InChI is InChI=1S/C22H28N4O6.C17H19ClN2S.2ClH/c27-11-9-23-5-7-25-13-1-2-14(26-8-6-24-10-12-28)18-17(13)21(31)19-15(29)3-4-16(30)20(19)22(18)32;1-19(2)10-5-11-20-14-6-3-4-7-16(14)21-17-9-8-13(18)12-15(17)20;;/h1-4,23-30H,5-12H2;3-4,6-9,12H,5,10-11H2,1-2H3;2*1H. The van der Waals surface area contributed by atoms with E-state index in [9.17, 15) is 19.8 Å². The zero-order chi connectivity index (χ0) is 37.9. The molecule has 55 heavy (non-hydrogen) atoms. The maximum Gasteiger partial charge on any atom is 0.200 e. The maximum absolute atomic E-state index is 13.4. The van der Waals surface area contributed by atoms with Crippen molar-refractivity contribution in [3.63, 3.8) is 0 Å². The largest absolute Gasteiger partial charge is 0.507 e. The number of aliphatic hydroxyl groups excluding tert-OH is 2. The molecule has 8 N–H and O–H groups in total.